The van der Waals surface area contributed by atoms with E-state index in [1.54, 1.807) is 33.5 Å². The Hall–Kier alpha value is -2.28. The Morgan fingerprint density at radius 3 is 2.36 bits per heavy atom. The number of rotatable bonds is 5. The predicted octanol–water partition coefficient (Wildman–Crippen LogP) is 2.27. The number of methoxy groups -OCH3 is 3. The molecular weight excluding hydrogens is 288 g/mol. The molecule has 22 heavy (non-hydrogen) atoms. The summed E-state index contributed by atoms with van der Waals surface area (Å²) >= 11 is 0. The zero-order valence-electron chi connectivity index (χ0n) is 12.8. The Balaban J connectivity index is 1.97. The van der Waals surface area contributed by atoms with Crippen LogP contribution in [0.25, 0.3) is 11.5 Å². The normalized spacial score (nSPS) is 17.5. The first-order valence-electron chi connectivity index (χ1n) is 6.98. The second-order valence-corrected chi connectivity index (χ2v) is 4.93. The molecule has 1 atom stereocenters. The van der Waals surface area contributed by atoms with Crippen molar-refractivity contribution in [2.24, 2.45) is 0 Å². The maximum absolute atomic E-state index is 5.37. The lowest BCUT2D eigenvalue weighted by molar-refractivity contribution is 0.192. The number of benzene rings is 1. The quantitative estimate of drug-likeness (QED) is 0.838. The number of hydrogen-bond donors (Lipinski definition) is 0. The van der Waals surface area contributed by atoms with Crippen molar-refractivity contribution >= 4 is 0 Å². The van der Waals surface area contributed by atoms with Gasteiger partial charge in [0.1, 0.15) is 0 Å². The Bertz CT molecular complexity index is 624. The highest BCUT2D eigenvalue weighted by Crippen LogP contribution is 2.41. The first-order valence-corrected chi connectivity index (χ1v) is 6.98. The van der Waals surface area contributed by atoms with E-state index in [9.17, 15) is 0 Å². The Kier molecular flexibility index (Phi) is 4.15. The van der Waals surface area contributed by atoms with Crippen LogP contribution >= 0.6 is 0 Å². The summed E-state index contributed by atoms with van der Waals surface area (Å²) in [7, 11) is 4.69. The van der Waals surface area contributed by atoms with E-state index >= 15 is 0 Å². The molecule has 7 heteroatoms. The van der Waals surface area contributed by atoms with Crippen LogP contribution in [0.15, 0.2) is 16.7 Å². The summed E-state index contributed by atoms with van der Waals surface area (Å²) in [6.45, 7) is 1.37. The lowest BCUT2D eigenvalue weighted by Gasteiger charge is -2.12. The van der Waals surface area contributed by atoms with Gasteiger partial charge in [0, 0.05) is 18.1 Å². The monoisotopic (exact) mass is 306 g/mol. The summed E-state index contributed by atoms with van der Waals surface area (Å²) in [6.07, 6.45) is 0.911. The summed E-state index contributed by atoms with van der Waals surface area (Å²) in [5.41, 5.74) is 0.715. The Morgan fingerprint density at radius 1 is 1.09 bits per heavy atom. The molecule has 1 aliphatic rings. The van der Waals surface area contributed by atoms with Crippen molar-refractivity contribution in [2.45, 2.75) is 12.3 Å². The molecule has 3 rings (SSSR count). The van der Waals surface area contributed by atoms with Crippen LogP contribution in [0.5, 0.6) is 17.2 Å². The molecule has 2 heterocycles. The third-order valence-corrected chi connectivity index (χ3v) is 3.65. The van der Waals surface area contributed by atoms with Crippen LogP contribution < -0.4 is 14.2 Å². The van der Waals surface area contributed by atoms with E-state index in [1.165, 1.54) is 0 Å². The molecule has 1 saturated heterocycles. The van der Waals surface area contributed by atoms with Crippen molar-refractivity contribution in [3.05, 3.63) is 18.0 Å². The molecule has 0 spiro atoms. The molecule has 2 aromatic rings. The van der Waals surface area contributed by atoms with Gasteiger partial charge in [-0.2, -0.15) is 4.98 Å². The minimum absolute atomic E-state index is 0.194. The molecule has 0 saturated carbocycles. The van der Waals surface area contributed by atoms with E-state index in [4.69, 9.17) is 23.5 Å². The van der Waals surface area contributed by atoms with Gasteiger partial charge in [0.05, 0.1) is 27.9 Å². The molecule has 1 fully saturated rings. The molecule has 7 nitrogen and oxygen atoms in total. The van der Waals surface area contributed by atoms with Gasteiger partial charge in [0.15, 0.2) is 17.3 Å². The van der Waals surface area contributed by atoms with Crippen molar-refractivity contribution in [1.82, 2.24) is 10.1 Å². The lowest BCUT2D eigenvalue weighted by Crippen LogP contribution is -1.99. The van der Waals surface area contributed by atoms with Crippen LogP contribution in [-0.2, 0) is 4.74 Å². The number of ether oxygens (including phenoxy) is 4. The smallest absolute Gasteiger partial charge is 0.258 e. The second-order valence-electron chi connectivity index (χ2n) is 4.93. The number of aromatic nitrogens is 2. The van der Waals surface area contributed by atoms with Crippen LogP contribution in [0.2, 0.25) is 0 Å². The van der Waals surface area contributed by atoms with Gasteiger partial charge in [-0.05, 0) is 18.6 Å². The maximum Gasteiger partial charge on any atom is 0.258 e. The molecule has 0 radical (unpaired) electrons. The van der Waals surface area contributed by atoms with E-state index in [1.807, 2.05) is 0 Å². The first kappa shape index (κ1) is 14.6. The Morgan fingerprint density at radius 2 is 1.82 bits per heavy atom. The zero-order chi connectivity index (χ0) is 15.5. The summed E-state index contributed by atoms with van der Waals surface area (Å²) in [4.78, 5) is 4.46. The van der Waals surface area contributed by atoms with Gasteiger partial charge in [-0.1, -0.05) is 5.16 Å². The molecule has 0 aliphatic carbocycles. The molecule has 1 aromatic heterocycles. The van der Waals surface area contributed by atoms with Crippen LogP contribution in [0.1, 0.15) is 18.2 Å². The number of nitrogens with zero attached hydrogens (tertiary/aromatic N) is 2. The van der Waals surface area contributed by atoms with Crippen molar-refractivity contribution in [2.75, 3.05) is 34.5 Å². The average Bonchev–Trinajstić information content (AvgIpc) is 3.23. The minimum atomic E-state index is 0.194. The van der Waals surface area contributed by atoms with E-state index in [2.05, 4.69) is 10.1 Å². The highest BCUT2D eigenvalue weighted by molar-refractivity contribution is 5.65. The van der Waals surface area contributed by atoms with Gasteiger partial charge < -0.3 is 23.5 Å². The third kappa shape index (κ3) is 2.59. The van der Waals surface area contributed by atoms with Gasteiger partial charge in [0.2, 0.25) is 5.75 Å². The van der Waals surface area contributed by atoms with Crippen LogP contribution in [0.3, 0.4) is 0 Å². The van der Waals surface area contributed by atoms with Crippen LogP contribution in [0, 0.1) is 0 Å². The van der Waals surface area contributed by atoms with Gasteiger partial charge >= 0.3 is 0 Å². The predicted molar refractivity (Wildman–Crippen MR) is 77.6 cm³/mol. The number of hydrogen-bond acceptors (Lipinski definition) is 7. The molecule has 0 bridgehead atoms. The van der Waals surface area contributed by atoms with Gasteiger partial charge in [-0.15, -0.1) is 0 Å². The molecule has 1 aliphatic heterocycles. The standard InChI is InChI=1S/C15H18N2O5/c1-18-11-6-10(7-12(19-2)13(11)20-3)15-16-14(17-22-15)9-4-5-21-8-9/h6-7,9H,4-5,8H2,1-3H3/t9-/m1/s1. The van der Waals surface area contributed by atoms with Crippen molar-refractivity contribution in [3.8, 4) is 28.7 Å². The maximum atomic E-state index is 5.37. The van der Waals surface area contributed by atoms with E-state index < -0.39 is 0 Å². The third-order valence-electron chi connectivity index (χ3n) is 3.65. The van der Waals surface area contributed by atoms with E-state index in [0.29, 0.717) is 41.1 Å². The second kappa shape index (κ2) is 6.23. The van der Waals surface area contributed by atoms with Crippen molar-refractivity contribution in [3.63, 3.8) is 0 Å². The fourth-order valence-electron chi connectivity index (χ4n) is 2.46. The van der Waals surface area contributed by atoms with Crippen LogP contribution in [0.4, 0.5) is 0 Å². The zero-order valence-corrected chi connectivity index (χ0v) is 12.8. The SMILES string of the molecule is COc1cc(-c2nc([C@@H]3CCOC3)no2)cc(OC)c1OC. The molecule has 0 N–H and O–H groups in total. The first-order chi connectivity index (χ1) is 10.8. The minimum Gasteiger partial charge on any atom is -0.493 e. The van der Waals surface area contributed by atoms with Crippen molar-refractivity contribution in [1.29, 1.82) is 0 Å². The highest BCUT2D eigenvalue weighted by atomic mass is 16.5. The summed E-state index contributed by atoms with van der Waals surface area (Å²) in [5.74, 6) is 2.89. The van der Waals surface area contributed by atoms with Gasteiger partial charge in [-0.25, -0.2) is 0 Å². The van der Waals surface area contributed by atoms with Crippen LogP contribution in [-0.4, -0.2) is 44.7 Å². The molecule has 118 valence electrons. The largest absolute Gasteiger partial charge is 0.493 e. The Labute approximate surface area is 128 Å². The van der Waals surface area contributed by atoms with Crippen molar-refractivity contribution < 1.29 is 23.5 Å². The molecule has 1 aromatic carbocycles. The summed E-state index contributed by atoms with van der Waals surface area (Å²) in [6, 6.07) is 3.56. The average molecular weight is 306 g/mol. The molecule has 0 unspecified atom stereocenters. The fraction of sp³-hybridized carbons (Fsp3) is 0.467. The van der Waals surface area contributed by atoms with Gasteiger partial charge in [0.25, 0.3) is 5.89 Å². The summed E-state index contributed by atoms with van der Waals surface area (Å²) in [5, 5.41) is 4.05. The van der Waals surface area contributed by atoms with Gasteiger partial charge in [-0.3, -0.25) is 0 Å². The molecule has 0 amide bonds. The summed E-state index contributed by atoms with van der Waals surface area (Å²) < 4.78 is 26.7. The topological polar surface area (TPSA) is 75.8 Å². The fourth-order valence-corrected chi connectivity index (χ4v) is 2.46. The highest BCUT2D eigenvalue weighted by Gasteiger charge is 2.24. The molecular formula is C15H18N2O5. The van der Waals surface area contributed by atoms with E-state index in [0.717, 1.165) is 13.0 Å². The van der Waals surface area contributed by atoms with E-state index in [-0.39, 0.29) is 5.92 Å². The lowest BCUT2D eigenvalue weighted by atomic mass is 10.1.